The zero-order valence-electron chi connectivity index (χ0n) is 10.9. The highest BCUT2D eigenvalue weighted by Gasteiger charge is 2.11. The lowest BCUT2D eigenvalue weighted by Crippen LogP contribution is -2.24. The topological polar surface area (TPSA) is 46.4 Å². The number of imidazole rings is 1. The molecule has 0 aliphatic heterocycles. The molecule has 1 amide bonds. The number of rotatable bonds is 3. The number of pyridine rings is 1. The molecule has 4 nitrogen and oxygen atoms in total. The van der Waals surface area contributed by atoms with Gasteiger partial charge in [-0.25, -0.2) is 4.98 Å². The number of carbonyl (C=O) groups is 1. The van der Waals surface area contributed by atoms with Gasteiger partial charge in [0.1, 0.15) is 11.3 Å². The smallest absolute Gasteiger partial charge is 0.270 e. The summed E-state index contributed by atoms with van der Waals surface area (Å²) in [6.07, 6.45) is 3.35. The molecule has 0 bridgehead atoms. The van der Waals surface area contributed by atoms with E-state index in [1.807, 2.05) is 18.2 Å². The number of carbonyl (C=O) groups excluding carboxylic acids is 1. The van der Waals surface area contributed by atoms with E-state index < -0.39 is 0 Å². The molecule has 0 atom stereocenters. The number of hydrogen-bond acceptors (Lipinski definition) is 2. The molecule has 0 saturated carbocycles. The summed E-state index contributed by atoms with van der Waals surface area (Å²) in [7, 11) is 0. The van der Waals surface area contributed by atoms with E-state index in [2.05, 4.69) is 10.3 Å². The Labute approximate surface area is 131 Å². The van der Waals surface area contributed by atoms with Gasteiger partial charge in [-0.3, -0.25) is 9.20 Å². The van der Waals surface area contributed by atoms with Gasteiger partial charge in [0.25, 0.3) is 5.91 Å². The molecule has 0 unspecified atom stereocenters. The van der Waals surface area contributed by atoms with Gasteiger partial charge in [0.15, 0.2) is 0 Å². The monoisotopic (exact) mass is 319 g/mol. The first kappa shape index (κ1) is 13.9. The molecule has 2 aromatic heterocycles. The number of nitrogens with one attached hydrogen (secondary N) is 1. The standard InChI is InChI=1S/C15H11Cl2N3O/c16-11-5-10(6-12(17)7-11)8-19-15(21)13-9-18-14-3-1-2-4-20(13)14/h1-7,9H,8H2,(H,19,21). The van der Waals surface area contributed by atoms with Gasteiger partial charge in [-0.15, -0.1) is 0 Å². The molecule has 1 N–H and O–H groups in total. The third-order valence-corrected chi connectivity index (χ3v) is 3.46. The predicted octanol–water partition coefficient (Wildman–Crippen LogP) is 3.57. The van der Waals surface area contributed by atoms with Crippen molar-refractivity contribution >= 4 is 34.8 Å². The van der Waals surface area contributed by atoms with E-state index in [4.69, 9.17) is 23.2 Å². The largest absolute Gasteiger partial charge is 0.347 e. The maximum absolute atomic E-state index is 12.2. The van der Waals surface area contributed by atoms with Gasteiger partial charge in [0.2, 0.25) is 0 Å². The van der Waals surface area contributed by atoms with Crippen molar-refractivity contribution in [3.8, 4) is 0 Å². The maximum atomic E-state index is 12.2. The van der Waals surface area contributed by atoms with Crippen molar-refractivity contribution < 1.29 is 4.79 Å². The number of fused-ring (bicyclic) bond motifs is 1. The fourth-order valence-electron chi connectivity index (χ4n) is 2.09. The third-order valence-electron chi connectivity index (χ3n) is 3.03. The van der Waals surface area contributed by atoms with Gasteiger partial charge < -0.3 is 5.32 Å². The van der Waals surface area contributed by atoms with E-state index in [1.165, 1.54) is 0 Å². The summed E-state index contributed by atoms with van der Waals surface area (Å²) >= 11 is 11.9. The summed E-state index contributed by atoms with van der Waals surface area (Å²) < 4.78 is 1.74. The lowest BCUT2D eigenvalue weighted by molar-refractivity contribution is 0.0945. The highest BCUT2D eigenvalue weighted by molar-refractivity contribution is 6.34. The Morgan fingerprint density at radius 2 is 1.95 bits per heavy atom. The zero-order valence-corrected chi connectivity index (χ0v) is 12.4. The molecule has 0 radical (unpaired) electrons. The van der Waals surface area contributed by atoms with Gasteiger partial charge in [0, 0.05) is 22.8 Å². The fourth-order valence-corrected chi connectivity index (χ4v) is 2.66. The summed E-state index contributed by atoms with van der Waals surface area (Å²) in [4.78, 5) is 16.4. The van der Waals surface area contributed by atoms with Crippen molar-refractivity contribution in [2.24, 2.45) is 0 Å². The van der Waals surface area contributed by atoms with Gasteiger partial charge >= 0.3 is 0 Å². The molecule has 2 heterocycles. The third kappa shape index (κ3) is 3.01. The summed E-state index contributed by atoms with van der Waals surface area (Å²) in [5.74, 6) is -0.204. The van der Waals surface area contributed by atoms with Gasteiger partial charge in [0.05, 0.1) is 6.20 Å². The number of amides is 1. The van der Waals surface area contributed by atoms with E-state index in [9.17, 15) is 4.79 Å². The maximum Gasteiger partial charge on any atom is 0.270 e. The first-order valence-corrected chi connectivity index (χ1v) is 7.04. The van der Waals surface area contributed by atoms with E-state index in [1.54, 1.807) is 35.0 Å². The SMILES string of the molecule is O=C(NCc1cc(Cl)cc(Cl)c1)c1cnc2ccccn12. The lowest BCUT2D eigenvalue weighted by atomic mass is 10.2. The van der Waals surface area contributed by atoms with E-state index in [-0.39, 0.29) is 5.91 Å². The molecule has 3 rings (SSSR count). The second-order valence-electron chi connectivity index (χ2n) is 4.53. The summed E-state index contributed by atoms with van der Waals surface area (Å²) in [6.45, 7) is 0.346. The second-order valence-corrected chi connectivity index (χ2v) is 5.41. The summed E-state index contributed by atoms with van der Waals surface area (Å²) in [6, 6.07) is 10.7. The molecule has 0 aliphatic carbocycles. The van der Waals surface area contributed by atoms with Crippen LogP contribution in [-0.2, 0) is 6.54 Å². The summed E-state index contributed by atoms with van der Waals surface area (Å²) in [5.41, 5.74) is 2.06. The van der Waals surface area contributed by atoms with Crippen LogP contribution in [0.4, 0.5) is 0 Å². The van der Waals surface area contributed by atoms with Gasteiger partial charge in [-0.1, -0.05) is 29.3 Å². The molecule has 3 aromatic rings. The molecule has 6 heteroatoms. The molecular weight excluding hydrogens is 309 g/mol. The number of benzene rings is 1. The van der Waals surface area contributed by atoms with Crippen LogP contribution in [0, 0.1) is 0 Å². The van der Waals surface area contributed by atoms with E-state index >= 15 is 0 Å². The zero-order chi connectivity index (χ0) is 14.8. The molecule has 0 saturated heterocycles. The minimum absolute atomic E-state index is 0.204. The number of halogens is 2. The Balaban J connectivity index is 1.77. The van der Waals surface area contributed by atoms with Gasteiger partial charge in [-0.05, 0) is 35.9 Å². The Morgan fingerprint density at radius 3 is 2.71 bits per heavy atom. The molecule has 21 heavy (non-hydrogen) atoms. The summed E-state index contributed by atoms with van der Waals surface area (Å²) in [5, 5.41) is 3.92. The first-order chi connectivity index (χ1) is 10.1. The van der Waals surface area contributed by atoms with Crippen molar-refractivity contribution in [2.45, 2.75) is 6.54 Å². The molecule has 106 valence electrons. The van der Waals surface area contributed by atoms with Crippen LogP contribution < -0.4 is 5.32 Å². The molecule has 1 aromatic carbocycles. The predicted molar refractivity (Wildman–Crippen MR) is 82.8 cm³/mol. The van der Waals surface area contributed by atoms with Crippen LogP contribution in [0.15, 0.2) is 48.8 Å². The minimum Gasteiger partial charge on any atom is -0.347 e. The van der Waals surface area contributed by atoms with E-state index in [0.717, 1.165) is 11.2 Å². The van der Waals surface area contributed by atoms with Crippen molar-refractivity contribution in [3.63, 3.8) is 0 Å². The van der Waals surface area contributed by atoms with Gasteiger partial charge in [-0.2, -0.15) is 0 Å². The fraction of sp³-hybridized carbons (Fsp3) is 0.0667. The molecule has 0 spiro atoms. The van der Waals surface area contributed by atoms with Crippen LogP contribution in [-0.4, -0.2) is 15.3 Å². The Kier molecular flexibility index (Phi) is 3.82. The average Bonchev–Trinajstić information content (AvgIpc) is 2.88. The van der Waals surface area contributed by atoms with Crippen LogP contribution in [0.25, 0.3) is 5.65 Å². The number of nitrogens with zero attached hydrogens (tertiary/aromatic N) is 2. The second kappa shape index (κ2) is 5.76. The van der Waals surface area contributed by atoms with Crippen molar-refractivity contribution in [1.82, 2.24) is 14.7 Å². The Bertz CT molecular complexity index is 793. The molecule has 0 aliphatic rings. The molecule has 0 fully saturated rings. The average molecular weight is 320 g/mol. The Morgan fingerprint density at radius 1 is 1.19 bits per heavy atom. The highest BCUT2D eigenvalue weighted by Crippen LogP contribution is 2.19. The highest BCUT2D eigenvalue weighted by atomic mass is 35.5. The van der Waals surface area contributed by atoms with Crippen LogP contribution >= 0.6 is 23.2 Å². The van der Waals surface area contributed by atoms with Crippen LogP contribution in [0.1, 0.15) is 16.1 Å². The van der Waals surface area contributed by atoms with Crippen molar-refractivity contribution in [2.75, 3.05) is 0 Å². The minimum atomic E-state index is -0.204. The van der Waals surface area contributed by atoms with Crippen LogP contribution in [0.2, 0.25) is 10.0 Å². The quantitative estimate of drug-likeness (QED) is 0.802. The van der Waals surface area contributed by atoms with E-state index in [0.29, 0.717) is 22.3 Å². The number of aromatic nitrogens is 2. The first-order valence-electron chi connectivity index (χ1n) is 6.29. The normalized spacial score (nSPS) is 10.8. The molecular formula is C15H11Cl2N3O. The number of hydrogen-bond donors (Lipinski definition) is 1. The lowest BCUT2D eigenvalue weighted by Gasteiger charge is -2.06. The van der Waals surface area contributed by atoms with Crippen molar-refractivity contribution in [3.05, 3.63) is 70.1 Å². The van der Waals surface area contributed by atoms with Crippen LogP contribution in [0.5, 0.6) is 0 Å². The van der Waals surface area contributed by atoms with Crippen LogP contribution in [0.3, 0.4) is 0 Å². The van der Waals surface area contributed by atoms with Crippen molar-refractivity contribution in [1.29, 1.82) is 0 Å². The Hall–Kier alpha value is -2.04.